The van der Waals surface area contributed by atoms with Crippen molar-refractivity contribution >= 4 is 19.4 Å². The van der Waals surface area contributed by atoms with Crippen molar-refractivity contribution in [3.63, 3.8) is 0 Å². The van der Waals surface area contributed by atoms with Crippen LogP contribution in [0.3, 0.4) is 0 Å². The minimum Gasteiger partial charge on any atom is -0.444 e. The molecule has 1 aromatic rings. The van der Waals surface area contributed by atoms with Crippen LogP contribution in [0.25, 0.3) is 0 Å². The maximum Gasteiger partial charge on any atom is 0.408 e. The first-order valence-electron chi connectivity index (χ1n) is 6.01. The molecule has 1 aromatic carbocycles. The molecule has 0 aliphatic heterocycles. The average molecular weight is 276 g/mol. The highest BCUT2D eigenvalue weighted by Crippen LogP contribution is 2.05. The summed E-state index contributed by atoms with van der Waals surface area (Å²) in [6.45, 7) is 6.97. The van der Waals surface area contributed by atoms with E-state index in [1.54, 1.807) is 45.9 Å². The van der Waals surface area contributed by atoms with Gasteiger partial charge in [0, 0.05) is 0 Å². The molecule has 0 atom stereocenters. The predicted molar refractivity (Wildman–Crippen MR) is 76.4 cm³/mol. The van der Waals surface area contributed by atoms with Crippen molar-refractivity contribution in [2.45, 2.75) is 33.3 Å². The van der Waals surface area contributed by atoms with Gasteiger partial charge in [0.15, 0.2) is 0 Å². The lowest BCUT2D eigenvalue weighted by Gasteiger charge is -2.18. The number of alkyl carbamates (subject to hydrolysis) is 1. The van der Waals surface area contributed by atoms with E-state index in [1.807, 2.05) is 0 Å². The Hall–Kier alpha value is -2.03. The Bertz CT molecular complexity index is 493. The first kappa shape index (κ1) is 18.0. The lowest BCUT2D eigenvalue weighted by Crippen LogP contribution is -2.32. The fourth-order valence-electron chi connectivity index (χ4n) is 1.03. The molecule has 106 valence electrons. The van der Waals surface area contributed by atoms with Crippen molar-refractivity contribution in [2.24, 2.45) is 0 Å². The summed E-state index contributed by atoms with van der Waals surface area (Å²) in [5.41, 5.74) is 0.599. The molecule has 6 heteroatoms. The topological polar surface area (TPSA) is 62.1 Å². The minimum absolute atomic E-state index is 0.0189. The Morgan fingerprint density at radius 2 is 2.10 bits per heavy atom. The number of hydrogen-bond donors (Lipinski definition) is 1. The van der Waals surface area contributed by atoms with Gasteiger partial charge in [-0.1, -0.05) is 17.6 Å². The molecule has 1 N–H and O–H groups in total. The van der Waals surface area contributed by atoms with E-state index in [9.17, 15) is 9.18 Å². The third kappa shape index (κ3) is 8.98. The van der Waals surface area contributed by atoms with Crippen molar-refractivity contribution in [1.29, 1.82) is 5.26 Å². The minimum atomic E-state index is -0.556. The van der Waals surface area contributed by atoms with Gasteiger partial charge in [-0.25, -0.2) is 9.18 Å². The van der Waals surface area contributed by atoms with E-state index >= 15 is 0 Å². The average Bonchev–Trinajstić information content (AvgIpc) is 2.30. The van der Waals surface area contributed by atoms with Crippen LogP contribution in [0.5, 0.6) is 0 Å². The summed E-state index contributed by atoms with van der Waals surface area (Å²) < 4.78 is 17.3. The van der Waals surface area contributed by atoms with Gasteiger partial charge in [0.25, 0.3) is 0 Å². The maximum absolute atomic E-state index is 12.5. The molecule has 0 aromatic heterocycles. The normalized spacial score (nSPS) is 9.80. The number of nitrogens with one attached hydrogen (secondary N) is 1. The molecular weight excluding hydrogens is 258 g/mol. The second-order valence-electron chi connectivity index (χ2n) is 5.02. The first-order chi connectivity index (χ1) is 9.15. The van der Waals surface area contributed by atoms with Crippen molar-refractivity contribution < 1.29 is 13.9 Å². The summed E-state index contributed by atoms with van der Waals surface area (Å²) in [5, 5.41) is 10.4. The number of hydrogen-bond acceptors (Lipinski definition) is 3. The van der Waals surface area contributed by atoms with Gasteiger partial charge in [-0.3, -0.25) is 0 Å². The predicted octanol–water partition coefficient (Wildman–Crippen LogP) is 1.96. The number of benzene rings is 1. The van der Waals surface area contributed by atoms with Crippen molar-refractivity contribution in [1.82, 2.24) is 5.32 Å². The second kappa shape index (κ2) is 8.21. The molecule has 0 spiro atoms. The summed E-state index contributed by atoms with van der Waals surface area (Å²) in [6, 6.07) is 6.42. The van der Waals surface area contributed by atoms with Crippen LogP contribution in [0.2, 0.25) is 0 Å². The van der Waals surface area contributed by atoms with Crippen molar-refractivity contribution in [3.8, 4) is 6.07 Å². The molecule has 0 saturated carbocycles. The van der Waals surface area contributed by atoms with Crippen LogP contribution in [0.1, 0.15) is 26.3 Å². The Morgan fingerprint density at radius 3 is 2.50 bits per heavy atom. The zero-order valence-electron chi connectivity index (χ0n) is 12.2. The van der Waals surface area contributed by atoms with Crippen LogP contribution in [0, 0.1) is 24.1 Å². The third-order valence-corrected chi connectivity index (χ3v) is 1.91. The molecule has 4 nitrogen and oxygen atoms in total. The smallest absolute Gasteiger partial charge is 0.408 e. The lowest BCUT2D eigenvalue weighted by molar-refractivity contribution is 0.0535. The van der Waals surface area contributed by atoms with E-state index in [-0.39, 0.29) is 12.4 Å². The third-order valence-electron chi connectivity index (χ3n) is 1.91. The van der Waals surface area contributed by atoms with E-state index in [1.165, 1.54) is 6.07 Å². The van der Waals surface area contributed by atoms with Gasteiger partial charge in [-0.2, -0.15) is 5.26 Å². The summed E-state index contributed by atoms with van der Waals surface area (Å²) in [5.74, 6) is -0.241. The quantitative estimate of drug-likeness (QED) is 0.630. The SMILES string of the molecule is CC(C)(C)OC(=O)NCC#N.[B]c1ccc(C)c(F)c1. The highest BCUT2D eigenvalue weighted by atomic mass is 19.1. The summed E-state index contributed by atoms with van der Waals surface area (Å²) in [7, 11) is 5.29. The number of amides is 1. The highest BCUT2D eigenvalue weighted by Gasteiger charge is 2.14. The van der Waals surface area contributed by atoms with Gasteiger partial charge < -0.3 is 10.1 Å². The van der Waals surface area contributed by atoms with Gasteiger partial charge in [0.1, 0.15) is 25.8 Å². The number of nitrogens with zero attached hydrogens (tertiary/aromatic N) is 1. The number of carbonyl (C=O) groups is 1. The number of carbonyl (C=O) groups excluding carboxylic acids is 1. The van der Waals surface area contributed by atoms with Gasteiger partial charge in [-0.15, -0.1) is 0 Å². The van der Waals surface area contributed by atoms with Gasteiger partial charge >= 0.3 is 6.09 Å². The molecule has 2 radical (unpaired) electrons. The standard InChI is InChI=1S/C7H6BF.C7H12N2O2/c1-5-2-3-6(8)4-7(5)9;1-7(2,3)11-6(10)9-5-4-8/h2-4H,1H3;5H2,1-3H3,(H,9,10). The molecule has 0 saturated heterocycles. The molecule has 0 aliphatic carbocycles. The number of nitriles is 1. The molecule has 0 unspecified atom stereocenters. The largest absolute Gasteiger partial charge is 0.444 e. The van der Waals surface area contributed by atoms with Crippen molar-refractivity contribution in [3.05, 3.63) is 29.6 Å². The van der Waals surface area contributed by atoms with E-state index in [0.717, 1.165) is 0 Å². The lowest BCUT2D eigenvalue weighted by atomic mass is 9.95. The Balaban J connectivity index is 0.000000367. The van der Waals surface area contributed by atoms with Crippen LogP contribution in [-0.2, 0) is 4.74 Å². The van der Waals surface area contributed by atoms with E-state index in [2.05, 4.69) is 5.32 Å². The number of halogens is 1. The second-order valence-corrected chi connectivity index (χ2v) is 5.02. The molecule has 0 bridgehead atoms. The number of rotatable bonds is 1. The number of ether oxygens (including phenoxy) is 1. The summed E-state index contributed by atoms with van der Waals surface area (Å²) >= 11 is 0. The van der Waals surface area contributed by atoms with Crippen LogP contribution in [0.4, 0.5) is 9.18 Å². The fraction of sp³-hybridized carbons (Fsp3) is 0.429. The first-order valence-corrected chi connectivity index (χ1v) is 6.01. The van der Waals surface area contributed by atoms with Crippen molar-refractivity contribution in [2.75, 3.05) is 6.54 Å². The fourth-order valence-corrected chi connectivity index (χ4v) is 1.03. The van der Waals surface area contributed by atoms with E-state index in [0.29, 0.717) is 11.0 Å². The Morgan fingerprint density at radius 1 is 1.50 bits per heavy atom. The van der Waals surface area contributed by atoms with E-state index in [4.69, 9.17) is 17.8 Å². The molecule has 0 fully saturated rings. The molecule has 0 aliphatic rings. The summed E-state index contributed by atoms with van der Waals surface area (Å²) in [4.78, 5) is 10.7. The van der Waals surface area contributed by atoms with Crippen LogP contribution in [-0.4, -0.2) is 26.1 Å². The Kier molecular flexibility index (Phi) is 7.38. The summed E-state index contributed by atoms with van der Waals surface area (Å²) in [6.07, 6.45) is -0.556. The van der Waals surface area contributed by atoms with Gasteiger partial charge in [0.05, 0.1) is 6.07 Å². The zero-order chi connectivity index (χ0) is 15.8. The van der Waals surface area contributed by atoms with E-state index < -0.39 is 11.7 Å². The van der Waals surface area contributed by atoms with Crippen LogP contribution >= 0.6 is 0 Å². The Labute approximate surface area is 120 Å². The molecule has 20 heavy (non-hydrogen) atoms. The highest BCUT2D eigenvalue weighted by molar-refractivity contribution is 6.32. The molecular formula is C14H18BFN2O2. The zero-order valence-corrected chi connectivity index (χ0v) is 12.2. The molecule has 1 amide bonds. The van der Waals surface area contributed by atoms with Gasteiger partial charge in [-0.05, 0) is 39.3 Å². The maximum atomic E-state index is 12.5. The monoisotopic (exact) mass is 276 g/mol. The van der Waals surface area contributed by atoms with Crippen LogP contribution < -0.4 is 10.8 Å². The number of aryl methyl sites for hydroxylation is 1. The molecule has 1 rings (SSSR count). The van der Waals surface area contributed by atoms with Gasteiger partial charge in [0.2, 0.25) is 0 Å². The molecule has 0 heterocycles. The van der Waals surface area contributed by atoms with Crippen LogP contribution in [0.15, 0.2) is 18.2 Å².